The molecular formula is C18H25N3O3. The quantitative estimate of drug-likeness (QED) is 0.805. The molecule has 6 nitrogen and oxygen atoms in total. The SMILES string of the molecule is COC(=O)CCc1cncc(NC(=O)C2(N)CC3CCC2CC3)c1. The Balaban J connectivity index is 1.65. The molecule has 0 aliphatic heterocycles. The monoisotopic (exact) mass is 331 g/mol. The van der Waals surface area contributed by atoms with Crippen LogP contribution in [0.4, 0.5) is 5.69 Å². The van der Waals surface area contributed by atoms with Crippen molar-refractivity contribution in [3.63, 3.8) is 0 Å². The summed E-state index contributed by atoms with van der Waals surface area (Å²) in [5.41, 5.74) is 7.25. The van der Waals surface area contributed by atoms with E-state index in [1.165, 1.54) is 20.0 Å². The zero-order valence-electron chi connectivity index (χ0n) is 14.1. The molecular weight excluding hydrogens is 306 g/mol. The molecule has 0 spiro atoms. The number of methoxy groups -OCH3 is 1. The van der Waals surface area contributed by atoms with Crippen LogP contribution in [0.25, 0.3) is 0 Å². The summed E-state index contributed by atoms with van der Waals surface area (Å²) in [6.07, 6.45) is 9.39. The van der Waals surface area contributed by atoms with Gasteiger partial charge in [0, 0.05) is 12.6 Å². The van der Waals surface area contributed by atoms with Gasteiger partial charge in [0.2, 0.25) is 5.91 Å². The number of hydrogen-bond acceptors (Lipinski definition) is 5. The van der Waals surface area contributed by atoms with Crippen molar-refractivity contribution in [1.82, 2.24) is 4.98 Å². The normalized spacial score (nSPS) is 28.4. The summed E-state index contributed by atoms with van der Waals surface area (Å²) >= 11 is 0. The molecule has 1 atom stereocenters. The van der Waals surface area contributed by atoms with Gasteiger partial charge < -0.3 is 15.8 Å². The maximum Gasteiger partial charge on any atom is 0.305 e. The average molecular weight is 331 g/mol. The Morgan fingerprint density at radius 2 is 2.08 bits per heavy atom. The van der Waals surface area contributed by atoms with Crippen LogP contribution in [0.5, 0.6) is 0 Å². The molecule has 1 heterocycles. The van der Waals surface area contributed by atoms with Crippen molar-refractivity contribution >= 4 is 17.6 Å². The molecule has 0 aromatic carbocycles. The molecule has 1 aromatic heterocycles. The molecule has 3 saturated carbocycles. The summed E-state index contributed by atoms with van der Waals surface area (Å²) in [7, 11) is 1.37. The van der Waals surface area contributed by atoms with Crippen LogP contribution in [0.2, 0.25) is 0 Å². The molecule has 0 saturated heterocycles. The van der Waals surface area contributed by atoms with Crippen LogP contribution in [-0.2, 0) is 20.7 Å². The van der Waals surface area contributed by atoms with E-state index in [-0.39, 0.29) is 17.8 Å². The molecule has 2 bridgehead atoms. The number of nitrogens with two attached hydrogens (primary N) is 1. The minimum atomic E-state index is -0.761. The summed E-state index contributed by atoms with van der Waals surface area (Å²) in [5.74, 6) is 0.487. The van der Waals surface area contributed by atoms with Crippen LogP contribution in [0.1, 0.15) is 44.1 Å². The van der Waals surface area contributed by atoms with Gasteiger partial charge in [0.15, 0.2) is 0 Å². The average Bonchev–Trinajstić information content (AvgIpc) is 2.60. The van der Waals surface area contributed by atoms with E-state index in [4.69, 9.17) is 5.73 Å². The molecule has 1 unspecified atom stereocenters. The number of ether oxygens (including phenoxy) is 1. The minimum Gasteiger partial charge on any atom is -0.469 e. The summed E-state index contributed by atoms with van der Waals surface area (Å²) < 4.78 is 4.64. The number of esters is 1. The number of carbonyl (C=O) groups is 2. The molecule has 0 radical (unpaired) electrons. The van der Waals surface area contributed by atoms with Crippen LogP contribution >= 0.6 is 0 Å². The lowest BCUT2D eigenvalue weighted by Crippen LogP contribution is -2.61. The van der Waals surface area contributed by atoms with Crippen molar-refractivity contribution in [3.05, 3.63) is 24.0 Å². The van der Waals surface area contributed by atoms with Crippen molar-refractivity contribution in [2.24, 2.45) is 17.6 Å². The third-order valence-electron chi connectivity index (χ3n) is 5.52. The number of amides is 1. The van der Waals surface area contributed by atoms with E-state index in [1.807, 2.05) is 6.07 Å². The fraction of sp³-hybridized carbons (Fsp3) is 0.611. The summed E-state index contributed by atoms with van der Waals surface area (Å²) in [4.78, 5) is 28.2. The Morgan fingerprint density at radius 3 is 2.71 bits per heavy atom. The summed E-state index contributed by atoms with van der Waals surface area (Å²) in [6.45, 7) is 0. The van der Waals surface area contributed by atoms with Crippen LogP contribution in [0, 0.1) is 11.8 Å². The van der Waals surface area contributed by atoms with Gasteiger partial charge in [-0.05, 0) is 49.1 Å². The van der Waals surface area contributed by atoms with Crippen molar-refractivity contribution in [3.8, 4) is 0 Å². The molecule has 3 aliphatic rings. The van der Waals surface area contributed by atoms with Crippen molar-refractivity contribution in [2.75, 3.05) is 12.4 Å². The highest BCUT2D eigenvalue weighted by Gasteiger charge is 2.49. The molecule has 3 aliphatic carbocycles. The lowest BCUT2D eigenvalue weighted by molar-refractivity contribution is -0.140. The molecule has 6 heteroatoms. The highest BCUT2D eigenvalue weighted by molar-refractivity contribution is 5.98. The van der Waals surface area contributed by atoms with Crippen LogP contribution < -0.4 is 11.1 Å². The number of aryl methyl sites for hydroxylation is 1. The van der Waals surface area contributed by atoms with Crippen LogP contribution in [0.3, 0.4) is 0 Å². The Kier molecular flexibility index (Phi) is 4.85. The van der Waals surface area contributed by atoms with Gasteiger partial charge >= 0.3 is 5.97 Å². The zero-order chi connectivity index (χ0) is 17.2. The predicted octanol–water partition coefficient (Wildman–Crippen LogP) is 2.03. The van der Waals surface area contributed by atoms with Crippen molar-refractivity contribution in [1.29, 1.82) is 0 Å². The molecule has 24 heavy (non-hydrogen) atoms. The summed E-state index contributed by atoms with van der Waals surface area (Å²) in [5, 5.41) is 2.94. The number of carbonyl (C=O) groups excluding carboxylic acids is 2. The van der Waals surface area contributed by atoms with Gasteiger partial charge in [-0.25, -0.2) is 0 Å². The smallest absolute Gasteiger partial charge is 0.305 e. The minimum absolute atomic E-state index is 0.108. The number of nitrogens with zero attached hydrogens (tertiary/aromatic N) is 1. The Hall–Kier alpha value is -1.95. The first-order chi connectivity index (χ1) is 11.5. The zero-order valence-corrected chi connectivity index (χ0v) is 14.1. The number of fused-ring (bicyclic) bond motifs is 3. The molecule has 3 N–H and O–H groups in total. The topological polar surface area (TPSA) is 94.3 Å². The standard InChI is InChI=1S/C18H25N3O3/c1-24-16(22)7-4-13-8-15(11-20-10-13)21-17(23)18(19)9-12-2-5-14(18)6-3-12/h8,10-12,14H,2-7,9,19H2,1H3,(H,21,23). The van der Waals surface area contributed by atoms with Gasteiger partial charge in [-0.2, -0.15) is 0 Å². The maximum absolute atomic E-state index is 12.8. The van der Waals surface area contributed by atoms with Gasteiger partial charge in [0.25, 0.3) is 0 Å². The van der Waals surface area contributed by atoms with Gasteiger partial charge in [-0.15, -0.1) is 0 Å². The largest absolute Gasteiger partial charge is 0.469 e. The number of pyridine rings is 1. The van der Waals surface area contributed by atoms with E-state index >= 15 is 0 Å². The van der Waals surface area contributed by atoms with E-state index < -0.39 is 5.54 Å². The number of nitrogens with one attached hydrogen (secondary N) is 1. The van der Waals surface area contributed by atoms with E-state index in [1.54, 1.807) is 12.4 Å². The van der Waals surface area contributed by atoms with Crippen LogP contribution in [-0.4, -0.2) is 29.5 Å². The van der Waals surface area contributed by atoms with E-state index in [0.29, 0.717) is 24.4 Å². The number of rotatable bonds is 5. The second-order valence-electron chi connectivity index (χ2n) is 7.07. The fourth-order valence-corrected chi connectivity index (χ4v) is 4.09. The first-order valence-electron chi connectivity index (χ1n) is 8.62. The number of aromatic nitrogens is 1. The van der Waals surface area contributed by atoms with Crippen molar-refractivity contribution < 1.29 is 14.3 Å². The third-order valence-corrected chi connectivity index (χ3v) is 5.52. The van der Waals surface area contributed by atoms with E-state index in [0.717, 1.165) is 24.8 Å². The first-order valence-corrected chi connectivity index (χ1v) is 8.62. The van der Waals surface area contributed by atoms with Gasteiger partial charge in [0.1, 0.15) is 0 Å². The fourth-order valence-electron chi connectivity index (χ4n) is 4.09. The predicted molar refractivity (Wildman–Crippen MR) is 90.2 cm³/mol. The lowest BCUT2D eigenvalue weighted by Gasteiger charge is -2.48. The molecule has 1 aromatic rings. The Labute approximate surface area is 142 Å². The molecule has 130 valence electrons. The molecule has 3 fully saturated rings. The maximum atomic E-state index is 12.8. The Morgan fingerprint density at radius 1 is 1.33 bits per heavy atom. The second kappa shape index (κ2) is 6.89. The first kappa shape index (κ1) is 16.9. The van der Waals surface area contributed by atoms with Gasteiger partial charge in [-0.3, -0.25) is 14.6 Å². The van der Waals surface area contributed by atoms with Gasteiger partial charge in [-0.1, -0.05) is 12.8 Å². The lowest BCUT2D eigenvalue weighted by atomic mass is 9.60. The molecule has 1 amide bonds. The highest BCUT2D eigenvalue weighted by atomic mass is 16.5. The Bertz CT molecular complexity index is 626. The van der Waals surface area contributed by atoms with Crippen molar-refractivity contribution in [2.45, 2.75) is 50.5 Å². The van der Waals surface area contributed by atoms with Crippen LogP contribution in [0.15, 0.2) is 18.5 Å². The highest BCUT2D eigenvalue weighted by Crippen LogP contribution is 2.46. The number of anilines is 1. The van der Waals surface area contributed by atoms with Gasteiger partial charge in [0.05, 0.1) is 24.5 Å². The third kappa shape index (κ3) is 3.43. The second-order valence-corrected chi connectivity index (χ2v) is 7.07. The molecule has 4 rings (SSSR count). The van der Waals surface area contributed by atoms with E-state index in [2.05, 4.69) is 15.0 Å². The number of hydrogen-bond donors (Lipinski definition) is 2. The summed E-state index contributed by atoms with van der Waals surface area (Å²) in [6, 6.07) is 1.85. The van der Waals surface area contributed by atoms with E-state index in [9.17, 15) is 9.59 Å².